The highest BCUT2D eigenvalue weighted by atomic mass is 16.2. The minimum atomic E-state index is -0.302. The van der Waals surface area contributed by atoms with E-state index in [9.17, 15) is 4.79 Å². The first-order chi connectivity index (χ1) is 14.3. The van der Waals surface area contributed by atoms with Crippen molar-refractivity contribution in [3.05, 3.63) is 72.1 Å². The monoisotopic (exact) mass is 386 g/mol. The molecule has 2 heterocycles. The topological polar surface area (TPSA) is 51.0 Å². The number of benzene rings is 1. The molecule has 0 radical (unpaired) electrons. The van der Waals surface area contributed by atoms with Crippen molar-refractivity contribution in [1.29, 1.82) is 0 Å². The van der Waals surface area contributed by atoms with Crippen molar-refractivity contribution >= 4 is 17.6 Å². The molecule has 2 atom stereocenters. The van der Waals surface area contributed by atoms with Crippen LogP contribution in [-0.4, -0.2) is 37.9 Å². The fourth-order valence-corrected chi connectivity index (χ4v) is 4.73. The van der Waals surface area contributed by atoms with Crippen molar-refractivity contribution in [3.63, 3.8) is 0 Å². The summed E-state index contributed by atoms with van der Waals surface area (Å²) >= 11 is 0. The van der Waals surface area contributed by atoms with Crippen LogP contribution in [0.4, 0.5) is 0 Å². The number of carbonyl (C=O) groups excluding carboxylic acids is 1. The molecule has 148 valence electrons. The molecule has 1 aromatic carbocycles. The second-order valence-corrected chi connectivity index (χ2v) is 8.12. The predicted molar refractivity (Wildman–Crippen MR) is 114 cm³/mol. The van der Waals surface area contributed by atoms with Crippen LogP contribution in [-0.2, 0) is 4.79 Å². The number of amides is 1. The van der Waals surface area contributed by atoms with Crippen LogP contribution >= 0.6 is 0 Å². The van der Waals surface area contributed by atoms with Gasteiger partial charge in [-0.2, -0.15) is 0 Å². The van der Waals surface area contributed by atoms with Crippen LogP contribution in [0.15, 0.2) is 60.8 Å². The van der Waals surface area contributed by atoms with Gasteiger partial charge in [0.25, 0.3) is 5.91 Å². The molecule has 5 rings (SSSR count). The normalized spacial score (nSPS) is 24.9. The molecule has 5 nitrogen and oxygen atoms in total. The van der Waals surface area contributed by atoms with Crippen molar-refractivity contribution in [2.75, 3.05) is 0 Å². The molecule has 29 heavy (non-hydrogen) atoms. The average molecular weight is 386 g/mol. The lowest BCUT2D eigenvalue weighted by atomic mass is 9.85. The molecule has 1 amide bonds. The quantitative estimate of drug-likeness (QED) is 0.715. The summed E-state index contributed by atoms with van der Waals surface area (Å²) in [6.07, 6.45) is 19.4. The van der Waals surface area contributed by atoms with E-state index in [1.54, 1.807) is 4.68 Å². The largest absolute Gasteiger partial charge is 0.329 e. The summed E-state index contributed by atoms with van der Waals surface area (Å²) in [5.41, 5.74) is 3.08. The molecule has 1 unspecified atom stereocenters. The Balaban J connectivity index is 1.42. The molecule has 0 bridgehead atoms. The van der Waals surface area contributed by atoms with Gasteiger partial charge in [0.1, 0.15) is 5.69 Å². The van der Waals surface area contributed by atoms with Crippen LogP contribution in [0.1, 0.15) is 55.8 Å². The molecule has 1 saturated carbocycles. The molecular formula is C24H26N4O. The maximum atomic E-state index is 13.2. The summed E-state index contributed by atoms with van der Waals surface area (Å²) in [5.74, 6) is 0.173. The molecule has 1 saturated heterocycles. The third-order valence-corrected chi connectivity index (χ3v) is 6.27. The average Bonchev–Trinajstić information content (AvgIpc) is 3.45. The van der Waals surface area contributed by atoms with E-state index in [-0.39, 0.29) is 18.0 Å². The second-order valence-electron chi connectivity index (χ2n) is 8.12. The Labute approximate surface area is 171 Å². The molecule has 1 aromatic heterocycles. The summed E-state index contributed by atoms with van der Waals surface area (Å²) in [7, 11) is 0. The summed E-state index contributed by atoms with van der Waals surface area (Å²) in [6.45, 7) is 0. The highest BCUT2D eigenvalue weighted by molar-refractivity contribution is 5.89. The highest BCUT2D eigenvalue weighted by Crippen LogP contribution is 2.38. The Hall–Kier alpha value is -2.95. The van der Waals surface area contributed by atoms with Gasteiger partial charge in [0.05, 0.1) is 12.2 Å². The third-order valence-electron chi connectivity index (χ3n) is 6.27. The van der Waals surface area contributed by atoms with Gasteiger partial charge in [0.15, 0.2) is 6.04 Å². The minimum Gasteiger partial charge on any atom is -0.329 e. The number of carbonyl (C=O) groups is 1. The first-order valence-electron chi connectivity index (χ1n) is 10.7. The molecule has 1 aliphatic heterocycles. The maximum absolute atomic E-state index is 13.2. The van der Waals surface area contributed by atoms with E-state index in [0.717, 1.165) is 36.1 Å². The van der Waals surface area contributed by atoms with Gasteiger partial charge >= 0.3 is 0 Å². The molecule has 2 aromatic rings. The van der Waals surface area contributed by atoms with Gasteiger partial charge in [-0.15, -0.1) is 5.10 Å². The van der Waals surface area contributed by atoms with E-state index in [2.05, 4.69) is 57.7 Å². The number of β-lactam (4-membered cyclic amide) rings is 1. The Morgan fingerprint density at radius 2 is 1.90 bits per heavy atom. The predicted octanol–water partition coefficient (Wildman–Crippen LogP) is 4.42. The highest BCUT2D eigenvalue weighted by Gasteiger charge is 2.50. The van der Waals surface area contributed by atoms with Gasteiger partial charge in [0.2, 0.25) is 0 Å². The van der Waals surface area contributed by atoms with Gasteiger partial charge in [-0.25, -0.2) is 4.68 Å². The van der Waals surface area contributed by atoms with E-state index in [1.165, 1.54) is 19.3 Å². The zero-order valence-electron chi connectivity index (χ0n) is 16.5. The van der Waals surface area contributed by atoms with Crippen molar-refractivity contribution in [2.24, 2.45) is 0 Å². The van der Waals surface area contributed by atoms with Crippen LogP contribution in [0.5, 0.6) is 0 Å². The Bertz CT molecular complexity index is 966. The standard InChI is InChI=1S/C24H26N4O/c29-24-23(27-17-21(25-26-27)19-11-7-8-12-19)22(16-15-18-9-3-1-4-10-18)28(24)20-13-5-2-6-14-20/h1,3-4,7,9-12,15-17,20,22-23H,2,5-6,8,13-14H2/b16-15+/t22-,23?/m1/s1. The summed E-state index contributed by atoms with van der Waals surface area (Å²) in [5, 5.41) is 8.65. The Morgan fingerprint density at radius 1 is 1.07 bits per heavy atom. The summed E-state index contributed by atoms with van der Waals surface area (Å²) in [4.78, 5) is 15.3. The Kier molecular flexibility index (Phi) is 4.88. The number of rotatable bonds is 5. The molecule has 5 heteroatoms. The van der Waals surface area contributed by atoms with Crippen molar-refractivity contribution in [2.45, 2.75) is 56.7 Å². The van der Waals surface area contributed by atoms with E-state index >= 15 is 0 Å². The van der Waals surface area contributed by atoms with E-state index < -0.39 is 0 Å². The molecule has 0 spiro atoms. The van der Waals surface area contributed by atoms with Crippen molar-refractivity contribution in [1.82, 2.24) is 19.9 Å². The summed E-state index contributed by atoms with van der Waals surface area (Å²) < 4.78 is 1.77. The lowest BCUT2D eigenvalue weighted by molar-refractivity contribution is -0.157. The number of hydrogen-bond donors (Lipinski definition) is 0. The number of nitrogens with zero attached hydrogens (tertiary/aromatic N) is 4. The fourth-order valence-electron chi connectivity index (χ4n) is 4.73. The lowest BCUT2D eigenvalue weighted by Crippen LogP contribution is -2.64. The number of allylic oxidation sites excluding steroid dienone is 4. The molecular weight excluding hydrogens is 360 g/mol. The van der Waals surface area contributed by atoms with Gasteiger partial charge in [-0.1, -0.05) is 85.2 Å². The summed E-state index contributed by atoms with van der Waals surface area (Å²) in [6, 6.07) is 10.3. The number of hydrogen-bond acceptors (Lipinski definition) is 3. The SMILES string of the molecule is O=C1C(n2cc(C3=CCC=C3)nn2)[C@@H](/C=C/c2ccccc2)N1C1CCCCC1. The fraction of sp³-hybridized carbons (Fsp3) is 0.375. The molecule has 2 fully saturated rings. The van der Waals surface area contributed by atoms with E-state index in [0.29, 0.717) is 6.04 Å². The number of aromatic nitrogens is 3. The van der Waals surface area contributed by atoms with Crippen molar-refractivity contribution < 1.29 is 4.79 Å². The van der Waals surface area contributed by atoms with Crippen LogP contribution in [0, 0.1) is 0 Å². The van der Waals surface area contributed by atoms with Gasteiger partial charge in [0, 0.05) is 6.04 Å². The number of likely N-dealkylation sites (tertiary alicyclic amines) is 1. The zero-order chi connectivity index (χ0) is 19.6. The molecule has 0 N–H and O–H groups in total. The molecule has 2 aliphatic carbocycles. The zero-order valence-corrected chi connectivity index (χ0v) is 16.5. The van der Waals surface area contributed by atoms with Crippen molar-refractivity contribution in [3.8, 4) is 0 Å². The maximum Gasteiger partial charge on any atom is 0.250 e. The lowest BCUT2D eigenvalue weighted by Gasteiger charge is -2.50. The first-order valence-corrected chi connectivity index (χ1v) is 10.7. The smallest absolute Gasteiger partial charge is 0.250 e. The van der Waals surface area contributed by atoms with E-state index in [4.69, 9.17) is 0 Å². The first kappa shape index (κ1) is 18.1. The molecule has 3 aliphatic rings. The van der Waals surface area contributed by atoms with Crippen LogP contribution < -0.4 is 0 Å². The van der Waals surface area contributed by atoms with Crippen LogP contribution in [0.3, 0.4) is 0 Å². The van der Waals surface area contributed by atoms with Gasteiger partial charge in [-0.3, -0.25) is 4.79 Å². The minimum absolute atomic E-state index is 0.0217. The second kappa shape index (κ2) is 7.82. The van der Waals surface area contributed by atoms with E-state index in [1.807, 2.05) is 24.4 Å². The van der Waals surface area contributed by atoms with Crippen LogP contribution in [0.25, 0.3) is 11.6 Å². The van der Waals surface area contributed by atoms with Gasteiger partial charge < -0.3 is 4.90 Å². The third kappa shape index (κ3) is 3.46. The van der Waals surface area contributed by atoms with Crippen LogP contribution in [0.2, 0.25) is 0 Å². The Morgan fingerprint density at radius 3 is 2.66 bits per heavy atom. The van der Waals surface area contributed by atoms with Gasteiger partial charge in [-0.05, 0) is 30.4 Å².